The van der Waals surface area contributed by atoms with Crippen molar-refractivity contribution in [2.24, 2.45) is 0 Å². The molecule has 5 heteroatoms. The van der Waals surface area contributed by atoms with Crippen LogP contribution in [0.1, 0.15) is 22.8 Å². The van der Waals surface area contributed by atoms with Crippen LogP contribution in [0.15, 0.2) is 48.5 Å². The van der Waals surface area contributed by atoms with E-state index in [-0.39, 0.29) is 11.8 Å². The molecule has 0 bridgehead atoms. The Hall–Kier alpha value is -2.82. The zero-order valence-corrected chi connectivity index (χ0v) is 14.7. The highest BCUT2D eigenvalue weighted by atomic mass is 16.5. The van der Waals surface area contributed by atoms with Gasteiger partial charge in [0.25, 0.3) is 5.91 Å². The lowest BCUT2D eigenvalue weighted by atomic mass is 10.0. The Kier molecular flexibility index (Phi) is 4.74. The Balaban J connectivity index is 1.82. The van der Waals surface area contributed by atoms with Gasteiger partial charge in [-0.05, 0) is 37.6 Å². The minimum absolute atomic E-state index is 0.0820. The maximum atomic E-state index is 12.9. The summed E-state index contributed by atoms with van der Waals surface area (Å²) in [6, 6.07) is 14.4. The fourth-order valence-electron chi connectivity index (χ4n) is 3.15. The standard InChI is InChI=1S/C20H22N2O3/c1-14-7-4-5-10-18(14)20(24)21-11-12-22(19(23)15(21)2)16-8-6-9-17(13-16)25-3/h4-10,13,15H,11-12H2,1-3H3. The van der Waals surface area contributed by atoms with Gasteiger partial charge in [-0.2, -0.15) is 0 Å². The van der Waals surface area contributed by atoms with Crippen molar-refractivity contribution in [1.82, 2.24) is 4.90 Å². The van der Waals surface area contributed by atoms with E-state index in [0.717, 1.165) is 11.3 Å². The van der Waals surface area contributed by atoms with Crippen molar-refractivity contribution in [2.45, 2.75) is 19.9 Å². The van der Waals surface area contributed by atoms with E-state index in [1.165, 1.54) is 0 Å². The molecule has 3 rings (SSSR count). The molecule has 0 radical (unpaired) electrons. The Morgan fingerprint density at radius 2 is 1.88 bits per heavy atom. The summed E-state index contributed by atoms with van der Waals surface area (Å²) in [5.74, 6) is 0.530. The van der Waals surface area contributed by atoms with Crippen LogP contribution >= 0.6 is 0 Å². The lowest BCUT2D eigenvalue weighted by Gasteiger charge is -2.39. The fourth-order valence-corrected chi connectivity index (χ4v) is 3.15. The minimum atomic E-state index is -0.507. The first kappa shape index (κ1) is 17.0. The van der Waals surface area contributed by atoms with Crippen LogP contribution < -0.4 is 9.64 Å². The van der Waals surface area contributed by atoms with E-state index in [2.05, 4.69) is 0 Å². The molecule has 0 saturated carbocycles. The van der Waals surface area contributed by atoms with Gasteiger partial charge >= 0.3 is 0 Å². The average molecular weight is 338 g/mol. The Labute approximate surface area is 147 Å². The molecule has 1 heterocycles. The van der Waals surface area contributed by atoms with E-state index < -0.39 is 6.04 Å². The third-order valence-electron chi connectivity index (χ3n) is 4.66. The lowest BCUT2D eigenvalue weighted by molar-refractivity contribution is -0.124. The van der Waals surface area contributed by atoms with Crippen molar-refractivity contribution in [3.63, 3.8) is 0 Å². The van der Waals surface area contributed by atoms with Gasteiger partial charge in [0.2, 0.25) is 5.91 Å². The van der Waals surface area contributed by atoms with E-state index in [0.29, 0.717) is 24.4 Å². The van der Waals surface area contributed by atoms with Crippen LogP contribution in [0.2, 0.25) is 0 Å². The predicted molar refractivity (Wildman–Crippen MR) is 97.0 cm³/mol. The van der Waals surface area contributed by atoms with Gasteiger partial charge < -0.3 is 14.5 Å². The maximum absolute atomic E-state index is 12.9. The third kappa shape index (κ3) is 3.22. The number of anilines is 1. The number of nitrogens with zero attached hydrogens (tertiary/aromatic N) is 2. The number of rotatable bonds is 3. The average Bonchev–Trinajstić information content (AvgIpc) is 2.64. The van der Waals surface area contributed by atoms with Crippen molar-refractivity contribution >= 4 is 17.5 Å². The van der Waals surface area contributed by atoms with Crippen LogP contribution in [-0.2, 0) is 4.79 Å². The van der Waals surface area contributed by atoms with Crippen molar-refractivity contribution < 1.29 is 14.3 Å². The van der Waals surface area contributed by atoms with Gasteiger partial charge in [0.1, 0.15) is 11.8 Å². The first-order chi connectivity index (χ1) is 12.0. The molecule has 0 aliphatic carbocycles. The van der Waals surface area contributed by atoms with Gasteiger partial charge in [-0.15, -0.1) is 0 Å². The van der Waals surface area contributed by atoms with Gasteiger partial charge in [0.05, 0.1) is 7.11 Å². The first-order valence-electron chi connectivity index (χ1n) is 8.35. The quantitative estimate of drug-likeness (QED) is 0.865. The molecule has 0 aromatic heterocycles. The molecule has 1 atom stereocenters. The van der Waals surface area contributed by atoms with Crippen molar-refractivity contribution in [1.29, 1.82) is 0 Å². The molecule has 25 heavy (non-hydrogen) atoms. The van der Waals surface area contributed by atoms with Crippen LogP contribution in [0.3, 0.4) is 0 Å². The molecule has 0 N–H and O–H groups in total. The van der Waals surface area contributed by atoms with Gasteiger partial charge in [0.15, 0.2) is 0 Å². The molecule has 1 aliphatic heterocycles. The van der Waals surface area contributed by atoms with Crippen LogP contribution in [0.25, 0.3) is 0 Å². The molecular formula is C20H22N2O3. The first-order valence-corrected chi connectivity index (χ1v) is 8.35. The third-order valence-corrected chi connectivity index (χ3v) is 4.66. The SMILES string of the molecule is COc1cccc(N2CCN(C(=O)c3ccccc3C)C(C)C2=O)c1. The van der Waals surface area contributed by atoms with Crippen molar-refractivity contribution in [2.75, 3.05) is 25.1 Å². The summed E-state index contributed by atoms with van der Waals surface area (Å²) in [5, 5.41) is 0. The lowest BCUT2D eigenvalue weighted by Crippen LogP contribution is -2.57. The van der Waals surface area contributed by atoms with Crippen LogP contribution in [0.5, 0.6) is 5.75 Å². The summed E-state index contributed by atoms with van der Waals surface area (Å²) < 4.78 is 5.24. The molecule has 1 unspecified atom stereocenters. The molecule has 5 nitrogen and oxygen atoms in total. The molecule has 0 spiro atoms. The number of hydrogen-bond acceptors (Lipinski definition) is 3. The van der Waals surface area contributed by atoms with E-state index in [4.69, 9.17) is 4.74 Å². The number of benzene rings is 2. The molecule has 1 aliphatic rings. The topological polar surface area (TPSA) is 49.9 Å². The highest BCUT2D eigenvalue weighted by molar-refractivity contribution is 6.04. The highest BCUT2D eigenvalue weighted by Crippen LogP contribution is 2.25. The molecule has 130 valence electrons. The number of carbonyl (C=O) groups is 2. The summed E-state index contributed by atoms with van der Waals surface area (Å²) in [6.45, 7) is 4.66. The zero-order valence-electron chi connectivity index (χ0n) is 14.7. The molecule has 2 amide bonds. The van der Waals surface area contributed by atoms with Gasteiger partial charge in [-0.3, -0.25) is 9.59 Å². The summed E-state index contributed by atoms with van der Waals surface area (Å²) in [7, 11) is 1.60. The summed E-state index contributed by atoms with van der Waals surface area (Å²) >= 11 is 0. The number of aryl methyl sites for hydroxylation is 1. The number of piperazine rings is 1. The molecule has 2 aromatic carbocycles. The second-order valence-electron chi connectivity index (χ2n) is 6.18. The van der Waals surface area contributed by atoms with Crippen molar-refractivity contribution in [3.05, 3.63) is 59.7 Å². The summed E-state index contributed by atoms with van der Waals surface area (Å²) in [5.41, 5.74) is 2.36. The Morgan fingerprint density at radius 1 is 1.12 bits per heavy atom. The number of carbonyl (C=O) groups excluding carboxylic acids is 2. The second-order valence-corrected chi connectivity index (χ2v) is 6.18. The Morgan fingerprint density at radius 3 is 2.60 bits per heavy atom. The minimum Gasteiger partial charge on any atom is -0.497 e. The maximum Gasteiger partial charge on any atom is 0.254 e. The molecule has 2 aromatic rings. The van der Waals surface area contributed by atoms with Crippen LogP contribution in [-0.4, -0.2) is 43.0 Å². The second kappa shape index (κ2) is 6.97. The number of ether oxygens (including phenoxy) is 1. The highest BCUT2D eigenvalue weighted by Gasteiger charge is 2.35. The summed E-state index contributed by atoms with van der Waals surface area (Å²) in [6.07, 6.45) is 0. The monoisotopic (exact) mass is 338 g/mol. The van der Waals surface area contributed by atoms with E-state index in [1.54, 1.807) is 23.8 Å². The molecular weight excluding hydrogens is 316 g/mol. The largest absolute Gasteiger partial charge is 0.497 e. The van der Waals surface area contributed by atoms with Gasteiger partial charge in [0, 0.05) is 30.4 Å². The van der Waals surface area contributed by atoms with Gasteiger partial charge in [-0.25, -0.2) is 0 Å². The van der Waals surface area contributed by atoms with E-state index in [9.17, 15) is 9.59 Å². The van der Waals surface area contributed by atoms with E-state index in [1.807, 2.05) is 55.5 Å². The smallest absolute Gasteiger partial charge is 0.254 e. The van der Waals surface area contributed by atoms with E-state index >= 15 is 0 Å². The number of methoxy groups -OCH3 is 1. The van der Waals surface area contributed by atoms with Crippen LogP contribution in [0.4, 0.5) is 5.69 Å². The normalized spacial score (nSPS) is 17.6. The van der Waals surface area contributed by atoms with Crippen molar-refractivity contribution in [3.8, 4) is 5.75 Å². The molecule has 1 fully saturated rings. The Bertz CT molecular complexity index is 803. The predicted octanol–water partition coefficient (Wildman–Crippen LogP) is 2.88. The summed E-state index contributed by atoms with van der Waals surface area (Å²) in [4.78, 5) is 29.1. The number of amides is 2. The zero-order chi connectivity index (χ0) is 18.0. The molecule has 1 saturated heterocycles. The number of hydrogen-bond donors (Lipinski definition) is 0. The van der Waals surface area contributed by atoms with Gasteiger partial charge in [-0.1, -0.05) is 24.3 Å². The fraction of sp³-hybridized carbons (Fsp3) is 0.300. The van der Waals surface area contributed by atoms with Crippen LogP contribution in [0, 0.1) is 6.92 Å².